The first-order chi connectivity index (χ1) is 6.52. The Morgan fingerprint density at radius 3 is 1.93 bits per heavy atom. The van der Waals surface area contributed by atoms with Gasteiger partial charge in [-0.2, -0.15) is 0 Å². The Morgan fingerprint density at radius 2 is 1.57 bits per heavy atom. The fourth-order valence-corrected chi connectivity index (χ4v) is 0.645. The van der Waals surface area contributed by atoms with E-state index in [0.717, 1.165) is 6.92 Å². The van der Waals surface area contributed by atoms with Crippen molar-refractivity contribution in [2.24, 2.45) is 0 Å². The number of carboxylic acids is 1. The maximum Gasteiger partial charge on any atom is 0.409 e. The van der Waals surface area contributed by atoms with E-state index in [2.05, 4.69) is 5.32 Å². The first kappa shape index (κ1) is 12.0. The zero-order valence-corrected chi connectivity index (χ0v) is 7.60. The molecule has 0 unspecified atom stereocenters. The summed E-state index contributed by atoms with van der Waals surface area (Å²) in [6.45, 7) is 1.08. The van der Waals surface area contributed by atoms with Gasteiger partial charge in [-0.25, -0.2) is 4.79 Å². The van der Waals surface area contributed by atoms with E-state index >= 15 is 0 Å². The van der Waals surface area contributed by atoms with Crippen LogP contribution >= 0.6 is 0 Å². The number of aliphatic carboxylic acids is 1. The molecule has 0 aromatic heterocycles. The summed E-state index contributed by atoms with van der Waals surface area (Å²) in [4.78, 5) is 19.1. The molecule has 5 heteroatoms. The molecule has 0 spiro atoms. The van der Waals surface area contributed by atoms with E-state index in [9.17, 15) is 4.79 Å². The molecule has 1 aromatic rings. The number of carbonyl (C=O) groups is 2. The summed E-state index contributed by atoms with van der Waals surface area (Å²) < 4.78 is 0. The Morgan fingerprint density at radius 1 is 1.14 bits per heavy atom. The third kappa shape index (κ3) is 8.06. The lowest BCUT2D eigenvalue weighted by molar-refractivity contribution is -0.134. The molecule has 1 amide bonds. The monoisotopic (exact) mass is 197 g/mol. The molecule has 0 aliphatic carbocycles. The third-order valence-corrected chi connectivity index (χ3v) is 1.03. The molecule has 0 bridgehead atoms. The summed E-state index contributed by atoms with van der Waals surface area (Å²) in [5, 5.41) is 17.9. The highest BCUT2D eigenvalue weighted by atomic mass is 16.4. The van der Waals surface area contributed by atoms with E-state index in [-0.39, 0.29) is 0 Å². The van der Waals surface area contributed by atoms with Crippen molar-refractivity contribution in [3.8, 4) is 0 Å². The van der Waals surface area contributed by atoms with Crippen LogP contribution in [0, 0.1) is 0 Å². The summed E-state index contributed by atoms with van der Waals surface area (Å²) >= 11 is 0. The number of para-hydroxylation sites is 1. The van der Waals surface area contributed by atoms with Crippen molar-refractivity contribution in [3.63, 3.8) is 0 Å². The largest absolute Gasteiger partial charge is 0.481 e. The zero-order chi connectivity index (χ0) is 11.0. The molecule has 0 radical (unpaired) electrons. The van der Waals surface area contributed by atoms with Crippen molar-refractivity contribution in [1.29, 1.82) is 0 Å². The maximum absolute atomic E-state index is 10.1. The summed E-state index contributed by atoms with van der Waals surface area (Å²) in [7, 11) is 0. The first-order valence-electron chi connectivity index (χ1n) is 3.77. The zero-order valence-electron chi connectivity index (χ0n) is 7.60. The van der Waals surface area contributed by atoms with Gasteiger partial charge in [0.15, 0.2) is 0 Å². The molecule has 0 atom stereocenters. The van der Waals surface area contributed by atoms with Crippen molar-refractivity contribution < 1.29 is 19.8 Å². The van der Waals surface area contributed by atoms with Gasteiger partial charge in [-0.1, -0.05) is 18.2 Å². The SMILES string of the molecule is CC(=O)O.O=C(O)Nc1ccccc1. The van der Waals surface area contributed by atoms with Crippen molar-refractivity contribution in [1.82, 2.24) is 0 Å². The van der Waals surface area contributed by atoms with Crippen molar-refractivity contribution >= 4 is 17.7 Å². The molecule has 0 saturated carbocycles. The van der Waals surface area contributed by atoms with Crippen molar-refractivity contribution in [3.05, 3.63) is 30.3 Å². The highest BCUT2D eigenvalue weighted by Gasteiger charge is 1.93. The standard InChI is InChI=1S/C7H7NO2.C2H4O2/c9-7(10)8-6-4-2-1-3-5-6;1-2(3)4/h1-5,8H,(H,9,10);1H3,(H,3,4). The molecule has 14 heavy (non-hydrogen) atoms. The van der Waals surface area contributed by atoms with Gasteiger partial charge in [0.2, 0.25) is 0 Å². The minimum atomic E-state index is -1.04. The molecule has 0 saturated heterocycles. The average Bonchev–Trinajstić information content (AvgIpc) is 2.03. The minimum absolute atomic E-state index is 0.593. The molecule has 0 fully saturated rings. The predicted octanol–water partition coefficient (Wildman–Crippen LogP) is 1.87. The Kier molecular flexibility index (Phi) is 5.53. The molecule has 1 aromatic carbocycles. The van der Waals surface area contributed by atoms with Gasteiger partial charge in [-0.3, -0.25) is 10.1 Å². The van der Waals surface area contributed by atoms with Crippen LogP contribution < -0.4 is 5.32 Å². The number of hydrogen-bond acceptors (Lipinski definition) is 2. The van der Waals surface area contributed by atoms with Gasteiger partial charge in [0, 0.05) is 12.6 Å². The molecule has 3 N–H and O–H groups in total. The summed E-state index contributed by atoms with van der Waals surface area (Å²) in [6, 6.07) is 8.74. The van der Waals surface area contributed by atoms with Crippen LogP contribution in [-0.4, -0.2) is 22.3 Å². The first-order valence-corrected chi connectivity index (χ1v) is 3.77. The van der Waals surface area contributed by atoms with E-state index in [1.165, 1.54) is 0 Å². The Balaban J connectivity index is 0.000000364. The van der Waals surface area contributed by atoms with E-state index in [0.29, 0.717) is 5.69 Å². The average molecular weight is 197 g/mol. The second-order valence-corrected chi connectivity index (χ2v) is 2.32. The number of benzene rings is 1. The molecule has 0 aliphatic heterocycles. The van der Waals surface area contributed by atoms with Gasteiger partial charge in [0.05, 0.1) is 0 Å². The summed E-state index contributed by atoms with van der Waals surface area (Å²) in [5.74, 6) is -0.833. The molecular formula is C9H11NO4. The van der Waals surface area contributed by atoms with Gasteiger partial charge in [-0.05, 0) is 12.1 Å². The number of nitrogens with one attached hydrogen (secondary N) is 1. The lowest BCUT2D eigenvalue weighted by Gasteiger charge is -1.96. The highest BCUT2D eigenvalue weighted by Crippen LogP contribution is 2.03. The molecule has 0 heterocycles. The van der Waals surface area contributed by atoms with E-state index in [1.54, 1.807) is 24.3 Å². The van der Waals surface area contributed by atoms with Crippen molar-refractivity contribution in [2.75, 3.05) is 5.32 Å². The lowest BCUT2D eigenvalue weighted by atomic mass is 10.3. The minimum Gasteiger partial charge on any atom is -0.481 e. The van der Waals surface area contributed by atoms with Gasteiger partial charge >= 0.3 is 6.09 Å². The normalized spacial score (nSPS) is 8.07. The van der Waals surface area contributed by atoms with Gasteiger partial charge in [-0.15, -0.1) is 0 Å². The molecule has 0 aliphatic rings. The van der Waals surface area contributed by atoms with Gasteiger partial charge in [0.25, 0.3) is 5.97 Å². The molecule has 1 rings (SSSR count). The van der Waals surface area contributed by atoms with Crippen LogP contribution in [0.25, 0.3) is 0 Å². The fourth-order valence-electron chi connectivity index (χ4n) is 0.645. The second kappa shape index (κ2) is 6.47. The lowest BCUT2D eigenvalue weighted by Crippen LogP contribution is -2.06. The number of amides is 1. The topological polar surface area (TPSA) is 86.6 Å². The molecule has 5 nitrogen and oxygen atoms in total. The Hall–Kier alpha value is -2.04. The summed E-state index contributed by atoms with van der Waals surface area (Å²) in [6.07, 6.45) is -1.04. The van der Waals surface area contributed by atoms with E-state index < -0.39 is 12.1 Å². The quantitative estimate of drug-likeness (QED) is 0.641. The number of anilines is 1. The Labute approximate surface area is 81.0 Å². The van der Waals surface area contributed by atoms with Gasteiger partial charge < -0.3 is 10.2 Å². The van der Waals surface area contributed by atoms with E-state index in [4.69, 9.17) is 15.0 Å². The van der Waals surface area contributed by atoms with Crippen LogP contribution in [0.15, 0.2) is 30.3 Å². The van der Waals surface area contributed by atoms with Crippen LogP contribution in [-0.2, 0) is 4.79 Å². The number of hydrogen-bond donors (Lipinski definition) is 3. The Bertz CT molecular complexity index is 293. The summed E-state index contributed by atoms with van der Waals surface area (Å²) in [5.41, 5.74) is 0.593. The van der Waals surface area contributed by atoms with Crippen LogP contribution in [0.4, 0.5) is 10.5 Å². The van der Waals surface area contributed by atoms with Crippen LogP contribution in [0.3, 0.4) is 0 Å². The van der Waals surface area contributed by atoms with Crippen LogP contribution in [0.2, 0.25) is 0 Å². The highest BCUT2D eigenvalue weighted by molar-refractivity contribution is 5.82. The fraction of sp³-hybridized carbons (Fsp3) is 0.111. The third-order valence-electron chi connectivity index (χ3n) is 1.03. The second-order valence-electron chi connectivity index (χ2n) is 2.32. The smallest absolute Gasteiger partial charge is 0.409 e. The molecular weight excluding hydrogens is 186 g/mol. The maximum atomic E-state index is 10.1. The van der Waals surface area contributed by atoms with Crippen LogP contribution in [0.5, 0.6) is 0 Å². The van der Waals surface area contributed by atoms with E-state index in [1.807, 2.05) is 6.07 Å². The van der Waals surface area contributed by atoms with Crippen molar-refractivity contribution in [2.45, 2.75) is 6.92 Å². The molecule has 76 valence electrons. The number of rotatable bonds is 1. The van der Waals surface area contributed by atoms with Crippen LogP contribution in [0.1, 0.15) is 6.92 Å². The number of carboxylic acid groups (broad SMARTS) is 2. The predicted molar refractivity (Wildman–Crippen MR) is 51.4 cm³/mol. The van der Waals surface area contributed by atoms with Gasteiger partial charge in [0.1, 0.15) is 0 Å².